The van der Waals surface area contributed by atoms with E-state index in [0.717, 1.165) is 0 Å². The van der Waals surface area contributed by atoms with Crippen LogP contribution in [0.4, 0.5) is 5.69 Å². The molecule has 0 spiro atoms. The van der Waals surface area contributed by atoms with Crippen molar-refractivity contribution >= 4 is 17.5 Å². The van der Waals surface area contributed by atoms with Gasteiger partial charge < -0.3 is 9.80 Å². The molecule has 0 fully saturated rings. The molecule has 0 aliphatic heterocycles. The number of anilines is 1. The van der Waals surface area contributed by atoms with Crippen LogP contribution in [0.25, 0.3) is 0 Å². The molecule has 2 aromatic rings. The lowest BCUT2D eigenvalue weighted by Gasteiger charge is -2.22. The van der Waals surface area contributed by atoms with E-state index in [0.29, 0.717) is 23.6 Å². The normalized spacial score (nSPS) is 10.2. The van der Waals surface area contributed by atoms with Gasteiger partial charge in [0.15, 0.2) is 0 Å². The van der Waals surface area contributed by atoms with Crippen LogP contribution in [0.1, 0.15) is 23.1 Å². The third kappa shape index (κ3) is 3.25. The van der Waals surface area contributed by atoms with Gasteiger partial charge in [-0.25, -0.2) is 4.98 Å². The Morgan fingerprint density at radius 3 is 2.57 bits per heavy atom. The summed E-state index contributed by atoms with van der Waals surface area (Å²) in [6.45, 7) is 1.77. The van der Waals surface area contributed by atoms with E-state index in [4.69, 9.17) is 0 Å². The Hall–Kier alpha value is -2.70. The van der Waals surface area contributed by atoms with Gasteiger partial charge in [0.05, 0.1) is 17.8 Å². The van der Waals surface area contributed by atoms with Crippen LogP contribution in [0, 0.1) is 0 Å². The van der Waals surface area contributed by atoms with Gasteiger partial charge in [0.2, 0.25) is 5.91 Å². The van der Waals surface area contributed by atoms with E-state index in [-0.39, 0.29) is 11.8 Å². The Morgan fingerprint density at radius 2 is 1.95 bits per heavy atom. The maximum atomic E-state index is 12.5. The van der Waals surface area contributed by atoms with Crippen molar-refractivity contribution in [3.05, 3.63) is 42.0 Å². The van der Waals surface area contributed by atoms with Gasteiger partial charge in [0.25, 0.3) is 5.91 Å². The average Bonchev–Trinajstić information content (AvgIpc) is 2.98. The predicted molar refractivity (Wildman–Crippen MR) is 77.7 cm³/mol. The fourth-order valence-electron chi connectivity index (χ4n) is 1.93. The summed E-state index contributed by atoms with van der Waals surface area (Å²) in [6, 6.07) is 7.01. The van der Waals surface area contributed by atoms with Crippen LogP contribution in [-0.4, -0.2) is 46.0 Å². The van der Waals surface area contributed by atoms with Gasteiger partial charge in [-0.1, -0.05) is 12.1 Å². The second-order valence-electron chi connectivity index (χ2n) is 4.69. The summed E-state index contributed by atoms with van der Waals surface area (Å²) in [4.78, 5) is 31.0. The molecular weight excluding hydrogens is 270 g/mol. The standard InChI is InChI=1S/C14H17N5O2/c1-10(20)19(3)12-7-5-4-6-11(12)14(21)18(2)8-13-15-9-16-17-13/h4-7,9H,8H2,1-3H3,(H,15,16,17). The zero-order valence-corrected chi connectivity index (χ0v) is 12.2. The third-order valence-electron chi connectivity index (χ3n) is 3.17. The number of amides is 2. The van der Waals surface area contributed by atoms with Gasteiger partial charge in [0.1, 0.15) is 12.2 Å². The highest BCUT2D eigenvalue weighted by Crippen LogP contribution is 2.21. The smallest absolute Gasteiger partial charge is 0.256 e. The number of para-hydroxylation sites is 1. The predicted octanol–water partition coefficient (Wildman–Crippen LogP) is 1.06. The summed E-state index contributed by atoms with van der Waals surface area (Å²) in [5.41, 5.74) is 1.05. The van der Waals surface area contributed by atoms with E-state index in [9.17, 15) is 9.59 Å². The molecule has 1 aromatic carbocycles. The summed E-state index contributed by atoms with van der Waals surface area (Å²) >= 11 is 0. The van der Waals surface area contributed by atoms with Gasteiger partial charge in [-0.2, -0.15) is 5.10 Å². The lowest BCUT2D eigenvalue weighted by molar-refractivity contribution is -0.116. The molecule has 0 saturated heterocycles. The van der Waals surface area contributed by atoms with Gasteiger partial charge in [0, 0.05) is 21.0 Å². The largest absolute Gasteiger partial charge is 0.334 e. The molecule has 7 heteroatoms. The molecular formula is C14H17N5O2. The van der Waals surface area contributed by atoms with E-state index in [2.05, 4.69) is 15.2 Å². The van der Waals surface area contributed by atoms with Gasteiger partial charge in [-0.15, -0.1) is 0 Å². The monoisotopic (exact) mass is 287 g/mol. The van der Waals surface area contributed by atoms with Gasteiger partial charge in [-0.05, 0) is 12.1 Å². The number of H-pyrrole nitrogens is 1. The van der Waals surface area contributed by atoms with Crippen molar-refractivity contribution in [2.24, 2.45) is 0 Å². The molecule has 110 valence electrons. The summed E-state index contributed by atoms with van der Waals surface area (Å²) < 4.78 is 0. The zero-order valence-electron chi connectivity index (χ0n) is 12.2. The molecule has 0 saturated carbocycles. The molecule has 0 atom stereocenters. The maximum Gasteiger partial charge on any atom is 0.256 e. The second-order valence-corrected chi connectivity index (χ2v) is 4.69. The van der Waals surface area contributed by atoms with Crippen molar-refractivity contribution < 1.29 is 9.59 Å². The van der Waals surface area contributed by atoms with E-state index in [1.807, 2.05) is 0 Å². The van der Waals surface area contributed by atoms with Crippen molar-refractivity contribution in [1.82, 2.24) is 20.1 Å². The summed E-state index contributed by atoms with van der Waals surface area (Å²) in [5, 5.41) is 6.46. The number of rotatable bonds is 4. The number of nitrogens with zero attached hydrogens (tertiary/aromatic N) is 4. The van der Waals surface area contributed by atoms with Crippen LogP contribution in [0.2, 0.25) is 0 Å². The lowest BCUT2D eigenvalue weighted by Crippen LogP contribution is -2.30. The van der Waals surface area contributed by atoms with Crippen molar-refractivity contribution in [2.75, 3.05) is 19.0 Å². The number of benzene rings is 1. The fourth-order valence-corrected chi connectivity index (χ4v) is 1.93. The van der Waals surface area contributed by atoms with Crippen molar-refractivity contribution in [3.63, 3.8) is 0 Å². The van der Waals surface area contributed by atoms with Crippen molar-refractivity contribution in [3.8, 4) is 0 Å². The van der Waals surface area contributed by atoms with Gasteiger partial charge in [-0.3, -0.25) is 14.7 Å². The minimum absolute atomic E-state index is 0.131. The number of carbonyl (C=O) groups excluding carboxylic acids is 2. The number of aromatic nitrogens is 3. The molecule has 0 aliphatic carbocycles. The second kappa shape index (κ2) is 6.17. The Morgan fingerprint density at radius 1 is 1.24 bits per heavy atom. The molecule has 21 heavy (non-hydrogen) atoms. The summed E-state index contributed by atoms with van der Waals surface area (Å²) in [5.74, 6) is 0.284. The average molecular weight is 287 g/mol. The van der Waals surface area contributed by atoms with E-state index in [1.54, 1.807) is 38.4 Å². The van der Waals surface area contributed by atoms with Crippen LogP contribution < -0.4 is 4.90 Å². The first kappa shape index (κ1) is 14.7. The minimum atomic E-state index is -0.185. The highest BCUT2D eigenvalue weighted by Gasteiger charge is 2.19. The molecule has 1 N–H and O–H groups in total. The van der Waals surface area contributed by atoms with Crippen molar-refractivity contribution in [2.45, 2.75) is 13.5 Å². The molecule has 0 bridgehead atoms. The minimum Gasteiger partial charge on any atom is -0.334 e. The SMILES string of the molecule is CC(=O)N(C)c1ccccc1C(=O)N(C)Cc1ncn[nH]1. The summed E-state index contributed by atoms with van der Waals surface area (Å²) in [7, 11) is 3.32. The first-order valence-electron chi connectivity index (χ1n) is 6.43. The lowest BCUT2D eigenvalue weighted by atomic mass is 10.1. The Labute approximate surface area is 122 Å². The Kier molecular flexibility index (Phi) is 4.32. The molecule has 0 radical (unpaired) electrons. The van der Waals surface area contributed by atoms with Crippen LogP contribution in [0.3, 0.4) is 0 Å². The Bertz CT molecular complexity index is 639. The van der Waals surface area contributed by atoms with E-state index >= 15 is 0 Å². The fraction of sp³-hybridized carbons (Fsp3) is 0.286. The molecule has 0 aliphatic rings. The van der Waals surface area contributed by atoms with Gasteiger partial charge >= 0.3 is 0 Å². The molecule has 2 rings (SSSR count). The highest BCUT2D eigenvalue weighted by molar-refractivity contribution is 6.03. The van der Waals surface area contributed by atoms with Crippen LogP contribution in [0.5, 0.6) is 0 Å². The molecule has 1 aromatic heterocycles. The summed E-state index contributed by atoms with van der Waals surface area (Å²) in [6.07, 6.45) is 1.39. The Balaban J connectivity index is 2.24. The third-order valence-corrected chi connectivity index (χ3v) is 3.17. The quantitative estimate of drug-likeness (QED) is 0.911. The topological polar surface area (TPSA) is 82.2 Å². The maximum absolute atomic E-state index is 12.5. The van der Waals surface area contributed by atoms with Crippen molar-refractivity contribution in [1.29, 1.82) is 0 Å². The molecule has 7 nitrogen and oxygen atoms in total. The number of hydrogen-bond donors (Lipinski definition) is 1. The molecule has 1 heterocycles. The first-order valence-corrected chi connectivity index (χ1v) is 6.43. The molecule has 0 unspecified atom stereocenters. The number of hydrogen-bond acceptors (Lipinski definition) is 4. The number of carbonyl (C=O) groups is 2. The number of nitrogens with one attached hydrogen (secondary N) is 1. The van der Waals surface area contributed by atoms with Crippen LogP contribution >= 0.6 is 0 Å². The first-order chi connectivity index (χ1) is 10.0. The zero-order chi connectivity index (χ0) is 15.4. The molecule has 2 amide bonds. The number of aromatic amines is 1. The van der Waals surface area contributed by atoms with E-state index < -0.39 is 0 Å². The van der Waals surface area contributed by atoms with Crippen LogP contribution in [-0.2, 0) is 11.3 Å². The highest BCUT2D eigenvalue weighted by atomic mass is 16.2. The van der Waals surface area contributed by atoms with E-state index in [1.165, 1.54) is 23.1 Å². The van der Waals surface area contributed by atoms with Crippen LogP contribution in [0.15, 0.2) is 30.6 Å².